The number of ether oxygens (including phenoxy) is 1. The number of aromatic nitrogens is 3. The Morgan fingerprint density at radius 3 is 2.71 bits per heavy atom. The van der Waals surface area contributed by atoms with Gasteiger partial charge in [0.05, 0.1) is 16.8 Å². The second kappa shape index (κ2) is 10.2. The summed E-state index contributed by atoms with van der Waals surface area (Å²) in [6, 6.07) is 8.57. The first kappa shape index (κ1) is 26.5. The van der Waals surface area contributed by atoms with Crippen LogP contribution in [0.25, 0.3) is 21.3 Å². The molecule has 0 radical (unpaired) electrons. The highest BCUT2D eigenvalue weighted by Gasteiger charge is 2.29. The molecule has 1 saturated heterocycles. The van der Waals surface area contributed by atoms with Crippen LogP contribution in [0.15, 0.2) is 52.3 Å². The Bertz CT molecular complexity index is 1630. The highest BCUT2D eigenvalue weighted by Crippen LogP contribution is 2.42. The fourth-order valence-corrected chi connectivity index (χ4v) is 6.09. The van der Waals surface area contributed by atoms with Crippen molar-refractivity contribution in [2.75, 3.05) is 6.54 Å². The number of thiophene rings is 1. The molecule has 0 aliphatic carbocycles. The average Bonchev–Trinajstić information content (AvgIpc) is 3.44. The predicted molar refractivity (Wildman–Crippen MR) is 141 cm³/mol. The highest BCUT2D eigenvalue weighted by molar-refractivity contribution is 7.19. The quantitative estimate of drug-likeness (QED) is 0.357. The molecule has 1 fully saturated rings. The standard InChI is InChI=1S/C26H24ClF3N4O3S/c1-14-7-16(27)9-20(23(14)37-17-8-15(2)32-11-17)19-3-5-31-21-10-18(38-24(19)21)12-34-22(35)4-6-33(25(34)36)13-26(28,29)30/h3-7,9-10,15,17,32H,8,11-13H2,1-2H3/t15-,17-/m0/s1. The molecule has 12 heteroatoms. The minimum atomic E-state index is -4.59. The van der Waals surface area contributed by atoms with Crippen LogP contribution in [0.4, 0.5) is 13.2 Å². The number of benzene rings is 1. The average molecular weight is 565 g/mol. The molecule has 0 bridgehead atoms. The lowest BCUT2D eigenvalue weighted by Crippen LogP contribution is -2.41. The molecule has 0 spiro atoms. The number of nitrogens with zero attached hydrogens (tertiary/aromatic N) is 3. The molecule has 4 aromatic rings. The van der Waals surface area contributed by atoms with E-state index >= 15 is 0 Å². The van der Waals surface area contributed by atoms with Crippen LogP contribution in [0.3, 0.4) is 0 Å². The number of halogens is 4. The minimum Gasteiger partial charge on any atom is -0.488 e. The minimum absolute atomic E-state index is 0.00340. The smallest absolute Gasteiger partial charge is 0.406 e. The van der Waals surface area contributed by atoms with Crippen molar-refractivity contribution in [2.45, 2.75) is 51.7 Å². The molecule has 3 aromatic heterocycles. The topological polar surface area (TPSA) is 78.2 Å². The highest BCUT2D eigenvalue weighted by atomic mass is 35.5. The van der Waals surface area contributed by atoms with Crippen molar-refractivity contribution in [1.82, 2.24) is 19.4 Å². The molecule has 4 heterocycles. The lowest BCUT2D eigenvalue weighted by atomic mass is 10.0. The molecule has 1 aliphatic rings. The number of hydrogen-bond donors (Lipinski definition) is 1. The summed E-state index contributed by atoms with van der Waals surface area (Å²) in [5, 5.41) is 3.93. The largest absolute Gasteiger partial charge is 0.488 e. The molecule has 38 heavy (non-hydrogen) atoms. The Morgan fingerprint density at radius 1 is 1.21 bits per heavy atom. The number of fused-ring (bicyclic) bond motifs is 1. The van der Waals surface area contributed by atoms with Gasteiger partial charge in [0.25, 0.3) is 5.56 Å². The maximum atomic E-state index is 12.9. The van der Waals surface area contributed by atoms with E-state index in [1.165, 1.54) is 11.3 Å². The van der Waals surface area contributed by atoms with Gasteiger partial charge in [-0.2, -0.15) is 13.2 Å². The maximum Gasteiger partial charge on any atom is 0.406 e. The van der Waals surface area contributed by atoms with Crippen LogP contribution in [-0.4, -0.2) is 39.0 Å². The van der Waals surface area contributed by atoms with Gasteiger partial charge in [-0.05, 0) is 43.7 Å². The molecule has 2 atom stereocenters. The second-order valence-corrected chi connectivity index (χ2v) is 11.0. The Balaban J connectivity index is 1.55. The molecule has 200 valence electrons. The van der Waals surface area contributed by atoms with Crippen LogP contribution in [0.2, 0.25) is 5.02 Å². The van der Waals surface area contributed by atoms with Gasteiger partial charge in [0, 0.05) is 58.5 Å². The van der Waals surface area contributed by atoms with E-state index < -0.39 is 24.0 Å². The summed E-state index contributed by atoms with van der Waals surface area (Å²) in [4.78, 5) is 30.1. The zero-order valence-electron chi connectivity index (χ0n) is 20.5. The second-order valence-electron chi connectivity index (χ2n) is 9.44. The maximum absolute atomic E-state index is 12.9. The van der Waals surface area contributed by atoms with Crippen LogP contribution < -0.4 is 21.3 Å². The summed E-state index contributed by atoms with van der Waals surface area (Å²) in [6.45, 7) is 3.11. The molecular formula is C26H24ClF3N4O3S. The number of hydrogen-bond acceptors (Lipinski definition) is 6. The summed E-state index contributed by atoms with van der Waals surface area (Å²) in [5.41, 5.74) is 1.41. The van der Waals surface area contributed by atoms with Gasteiger partial charge in [-0.3, -0.25) is 18.9 Å². The van der Waals surface area contributed by atoms with E-state index in [1.54, 1.807) is 12.3 Å². The number of aryl methyl sites for hydroxylation is 1. The van der Waals surface area contributed by atoms with Crippen molar-refractivity contribution in [3.63, 3.8) is 0 Å². The van der Waals surface area contributed by atoms with Crippen LogP contribution in [-0.2, 0) is 13.1 Å². The summed E-state index contributed by atoms with van der Waals surface area (Å²) in [6.07, 6.45) is -1.21. The van der Waals surface area contributed by atoms with Gasteiger partial charge < -0.3 is 10.1 Å². The van der Waals surface area contributed by atoms with Gasteiger partial charge in [-0.15, -0.1) is 11.3 Å². The van der Waals surface area contributed by atoms with E-state index in [0.29, 0.717) is 31.8 Å². The summed E-state index contributed by atoms with van der Waals surface area (Å²) in [7, 11) is 0. The number of nitrogens with one attached hydrogen (secondary N) is 1. The number of alkyl halides is 3. The van der Waals surface area contributed by atoms with Crippen LogP contribution >= 0.6 is 22.9 Å². The van der Waals surface area contributed by atoms with E-state index in [2.05, 4.69) is 17.2 Å². The molecule has 1 aliphatic heterocycles. The first-order valence-corrected chi connectivity index (χ1v) is 13.1. The first-order chi connectivity index (χ1) is 18.0. The van der Waals surface area contributed by atoms with Crippen molar-refractivity contribution in [3.05, 3.63) is 79.0 Å². The Kier molecular flexibility index (Phi) is 7.10. The van der Waals surface area contributed by atoms with Gasteiger partial charge in [0.15, 0.2) is 0 Å². The predicted octanol–water partition coefficient (Wildman–Crippen LogP) is 4.99. The SMILES string of the molecule is Cc1cc(Cl)cc(-c2ccnc3cc(Cn4c(=O)ccn(CC(F)(F)F)c4=O)sc23)c1O[C@@H]1CN[C@@H](C)C1. The molecule has 0 saturated carbocycles. The molecule has 5 rings (SSSR count). The van der Waals surface area contributed by atoms with E-state index in [9.17, 15) is 22.8 Å². The molecule has 0 unspecified atom stereocenters. The molecule has 7 nitrogen and oxygen atoms in total. The third-order valence-corrected chi connectivity index (χ3v) is 7.75. The van der Waals surface area contributed by atoms with Gasteiger partial charge in [-0.25, -0.2) is 4.79 Å². The number of pyridine rings is 1. The van der Waals surface area contributed by atoms with Crippen LogP contribution in [0.1, 0.15) is 23.8 Å². The van der Waals surface area contributed by atoms with Crippen molar-refractivity contribution < 1.29 is 17.9 Å². The van der Waals surface area contributed by atoms with Crippen molar-refractivity contribution >= 4 is 33.2 Å². The third-order valence-electron chi connectivity index (χ3n) is 6.39. The van der Waals surface area contributed by atoms with Crippen LogP contribution in [0.5, 0.6) is 5.75 Å². The van der Waals surface area contributed by atoms with Crippen LogP contribution in [0, 0.1) is 6.92 Å². The van der Waals surface area contributed by atoms with E-state index in [0.717, 1.165) is 51.2 Å². The van der Waals surface area contributed by atoms with Gasteiger partial charge >= 0.3 is 11.9 Å². The van der Waals surface area contributed by atoms with Crippen molar-refractivity contribution in [2.24, 2.45) is 0 Å². The Morgan fingerprint density at radius 2 is 2.00 bits per heavy atom. The normalized spacial score (nSPS) is 17.8. The van der Waals surface area contributed by atoms with E-state index in [1.807, 2.05) is 25.1 Å². The van der Waals surface area contributed by atoms with Crippen molar-refractivity contribution in [3.8, 4) is 16.9 Å². The fraction of sp³-hybridized carbons (Fsp3) is 0.346. The molecule has 1 aromatic carbocycles. The Labute approximate surface area is 224 Å². The number of rotatable bonds is 6. The molecule has 1 N–H and O–H groups in total. The zero-order chi connectivity index (χ0) is 27.2. The molecule has 0 amide bonds. The van der Waals surface area contributed by atoms with Crippen molar-refractivity contribution in [1.29, 1.82) is 0 Å². The monoisotopic (exact) mass is 564 g/mol. The summed E-state index contributed by atoms with van der Waals surface area (Å²) < 4.78 is 47.2. The summed E-state index contributed by atoms with van der Waals surface area (Å²) in [5.74, 6) is 0.715. The lowest BCUT2D eigenvalue weighted by Gasteiger charge is -2.19. The van der Waals surface area contributed by atoms with Gasteiger partial charge in [-0.1, -0.05) is 11.6 Å². The zero-order valence-corrected chi connectivity index (χ0v) is 22.1. The van der Waals surface area contributed by atoms with E-state index in [-0.39, 0.29) is 12.6 Å². The van der Waals surface area contributed by atoms with Gasteiger partial charge in [0.1, 0.15) is 18.4 Å². The fourth-order valence-electron chi connectivity index (χ4n) is 4.69. The molecular weight excluding hydrogens is 541 g/mol. The lowest BCUT2D eigenvalue weighted by molar-refractivity contribution is -0.141. The third kappa shape index (κ3) is 5.50. The van der Waals surface area contributed by atoms with E-state index in [4.69, 9.17) is 16.3 Å². The Hall–Kier alpha value is -3.15. The first-order valence-electron chi connectivity index (χ1n) is 11.9. The van der Waals surface area contributed by atoms with Gasteiger partial charge in [0.2, 0.25) is 0 Å². The summed E-state index contributed by atoms with van der Waals surface area (Å²) >= 11 is 7.75.